The van der Waals surface area contributed by atoms with E-state index in [1.54, 1.807) is 18.2 Å². The Hall–Kier alpha value is -1.40. The van der Waals surface area contributed by atoms with Gasteiger partial charge in [0.15, 0.2) is 5.82 Å². The van der Waals surface area contributed by atoms with Crippen LogP contribution in [0.2, 0.25) is 5.02 Å². The van der Waals surface area contributed by atoms with Crippen molar-refractivity contribution in [3.05, 3.63) is 27.7 Å². The van der Waals surface area contributed by atoms with Crippen LogP contribution in [0.3, 0.4) is 0 Å². The van der Waals surface area contributed by atoms with Gasteiger partial charge in [0.1, 0.15) is 0 Å². The molecule has 2 aromatic rings. The summed E-state index contributed by atoms with van der Waals surface area (Å²) < 4.78 is 5.58. The summed E-state index contributed by atoms with van der Waals surface area (Å²) in [5.41, 5.74) is 0.574. The van der Waals surface area contributed by atoms with Crippen molar-refractivity contribution in [2.75, 3.05) is 7.11 Å². The first-order valence-corrected chi connectivity index (χ1v) is 5.72. The Kier molecular flexibility index (Phi) is 3.44. The number of nitrogens with zero attached hydrogens (tertiary/aromatic N) is 3. The van der Waals surface area contributed by atoms with Crippen molar-refractivity contribution in [2.45, 2.75) is 0 Å². The van der Waals surface area contributed by atoms with E-state index in [1.807, 2.05) is 0 Å². The zero-order valence-corrected chi connectivity index (χ0v) is 11.0. The molecule has 0 atom stereocenters. The molecule has 1 N–H and O–H groups in total. The van der Waals surface area contributed by atoms with E-state index in [-0.39, 0.29) is 11.8 Å². The highest BCUT2D eigenvalue weighted by atomic mass is 79.9. The monoisotopic (exact) mass is 315 g/mol. The van der Waals surface area contributed by atoms with Crippen LogP contribution in [0.4, 0.5) is 0 Å². The van der Waals surface area contributed by atoms with Gasteiger partial charge >= 0.3 is 12.0 Å². The van der Waals surface area contributed by atoms with Crippen LogP contribution in [0.25, 0.3) is 11.4 Å². The van der Waals surface area contributed by atoms with Crippen molar-refractivity contribution in [2.24, 2.45) is 0 Å². The van der Waals surface area contributed by atoms with Crippen molar-refractivity contribution in [3.63, 3.8) is 0 Å². The molecule has 0 aliphatic heterocycles. The highest BCUT2D eigenvalue weighted by Gasteiger charge is 2.14. The van der Waals surface area contributed by atoms with Crippen molar-refractivity contribution in [3.8, 4) is 23.4 Å². The topological polar surface area (TPSA) is 68.1 Å². The van der Waals surface area contributed by atoms with Gasteiger partial charge in [-0.3, -0.25) is 0 Å². The summed E-state index contributed by atoms with van der Waals surface area (Å²) in [6, 6.07) is 4.90. The molecule has 0 saturated heterocycles. The number of ether oxygens (including phenoxy) is 1. The van der Waals surface area contributed by atoms with Crippen LogP contribution < -0.4 is 4.74 Å². The first-order chi connectivity index (χ1) is 8.11. The molecule has 17 heavy (non-hydrogen) atoms. The SMILES string of the molecule is COc1nc(O)nc(-c2c(Cl)cccc2Br)n1. The number of halogens is 2. The molecule has 0 saturated carbocycles. The molecule has 7 heteroatoms. The number of hydrogen-bond acceptors (Lipinski definition) is 5. The lowest BCUT2D eigenvalue weighted by Gasteiger charge is -2.06. The molecule has 0 radical (unpaired) electrons. The highest BCUT2D eigenvalue weighted by molar-refractivity contribution is 9.10. The van der Waals surface area contributed by atoms with Gasteiger partial charge in [-0.05, 0) is 28.1 Å². The van der Waals surface area contributed by atoms with E-state index in [0.717, 1.165) is 4.47 Å². The first-order valence-electron chi connectivity index (χ1n) is 4.55. The summed E-state index contributed by atoms with van der Waals surface area (Å²) in [4.78, 5) is 11.4. The standard InChI is InChI=1S/C10H7BrClN3O2/c1-17-10-14-8(13-9(16)15-10)7-5(11)3-2-4-6(7)12/h2-4H,1H3,(H,13,14,15,16). The largest absolute Gasteiger partial charge is 0.479 e. The summed E-state index contributed by atoms with van der Waals surface area (Å²) in [5, 5.41) is 9.83. The van der Waals surface area contributed by atoms with Crippen molar-refractivity contribution < 1.29 is 9.84 Å². The van der Waals surface area contributed by atoms with Crippen LogP contribution >= 0.6 is 27.5 Å². The van der Waals surface area contributed by atoms with Crippen LogP contribution in [-0.2, 0) is 0 Å². The molecule has 1 aromatic heterocycles. The number of aromatic nitrogens is 3. The fraction of sp³-hybridized carbons (Fsp3) is 0.100. The number of benzene rings is 1. The van der Waals surface area contributed by atoms with Gasteiger partial charge in [0.2, 0.25) is 0 Å². The Morgan fingerprint density at radius 2 is 2.06 bits per heavy atom. The van der Waals surface area contributed by atoms with E-state index in [2.05, 4.69) is 30.9 Å². The fourth-order valence-corrected chi connectivity index (χ4v) is 2.18. The lowest BCUT2D eigenvalue weighted by Crippen LogP contribution is -1.98. The molecule has 0 aliphatic rings. The summed E-state index contributed by atoms with van der Waals surface area (Å²) >= 11 is 9.41. The molecule has 0 amide bonds. The molecule has 2 rings (SSSR count). The number of aromatic hydroxyl groups is 1. The average molecular weight is 317 g/mol. The molecule has 1 heterocycles. The molecule has 1 aromatic carbocycles. The van der Waals surface area contributed by atoms with Crippen molar-refractivity contribution in [1.82, 2.24) is 15.0 Å². The second-order valence-corrected chi connectivity index (χ2v) is 4.30. The highest BCUT2D eigenvalue weighted by Crippen LogP contribution is 2.33. The fourth-order valence-electron chi connectivity index (χ4n) is 1.26. The minimum atomic E-state index is -0.418. The molecule has 0 fully saturated rings. The van der Waals surface area contributed by atoms with Gasteiger partial charge in [-0.2, -0.15) is 9.97 Å². The van der Waals surface area contributed by atoms with E-state index >= 15 is 0 Å². The second kappa shape index (κ2) is 4.85. The third-order valence-corrected chi connectivity index (χ3v) is 2.95. The molecule has 0 spiro atoms. The summed E-state index contributed by atoms with van der Waals surface area (Å²) in [5.74, 6) is 0.242. The van der Waals surface area contributed by atoms with E-state index in [1.165, 1.54) is 7.11 Å². The molecule has 0 aliphatic carbocycles. The maximum atomic E-state index is 9.37. The third-order valence-electron chi connectivity index (χ3n) is 1.97. The predicted octanol–water partition coefficient (Wildman–Crippen LogP) is 2.67. The Morgan fingerprint density at radius 3 is 2.71 bits per heavy atom. The van der Waals surface area contributed by atoms with Gasteiger partial charge < -0.3 is 9.84 Å². The zero-order chi connectivity index (χ0) is 12.4. The van der Waals surface area contributed by atoms with Gasteiger partial charge in [0.25, 0.3) is 0 Å². The third kappa shape index (κ3) is 2.48. The maximum absolute atomic E-state index is 9.37. The zero-order valence-electron chi connectivity index (χ0n) is 8.69. The van der Waals surface area contributed by atoms with E-state index in [4.69, 9.17) is 16.3 Å². The van der Waals surface area contributed by atoms with Crippen LogP contribution in [0.1, 0.15) is 0 Å². The van der Waals surface area contributed by atoms with Gasteiger partial charge in [-0.1, -0.05) is 17.7 Å². The number of hydrogen-bond donors (Lipinski definition) is 1. The van der Waals surface area contributed by atoms with Gasteiger partial charge in [0.05, 0.1) is 17.7 Å². The Labute approximate surface area is 111 Å². The minimum absolute atomic E-state index is 0.0271. The summed E-state index contributed by atoms with van der Waals surface area (Å²) in [6.45, 7) is 0. The van der Waals surface area contributed by atoms with E-state index in [9.17, 15) is 5.11 Å². The molecule has 0 unspecified atom stereocenters. The van der Waals surface area contributed by atoms with Crippen LogP contribution in [0.15, 0.2) is 22.7 Å². The predicted molar refractivity (Wildman–Crippen MR) is 66.2 cm³/mol. The van der Waals surface area contributed by atoms with Crippen LogP contribution in [-0.4, -0.2) is 27.2 Å². The Balaban J connectivity index is 2.64. The normalized spacial score (nSPS) is 10.3. The molecule has 0 bridgehead atoms. The molecule has 88 valence electrons. The summed E-state index contributed by atoms with van der Waals surface area (Å²) in [7, 11) is 1.40. The smallest absolute Gasteiger partial charge is 0.322 e. The quantitative estimate of drug-likeness (QED) is 0.922. The Bertz CT molecular complexity index is 545. The van der Waals surface area contributed by atoms with Crippen molar-refractivity contribution >= 4 is 27.5 Å². The van der Waals surface area contributed by atoms with Crippen molar-refractivity contribution in [1.29, 1.82) is 0 Å². The average Bonchev–Trinajstić information content (AvgIpc) is 2.28. The van der Waals surface area contributed by atoms with E-state index in [0.29, 0.717) is 10.6 Å². The lowest BCUT2D eigenvalue weighted by atomic mass is 10.2. The number of methoxy groups -OCH3 is 1. The number of rotatable bonds is 2. The second-order valence-electron chi connectivity index (χ2n) is 3.04. The van der Waals surface area contributed by atoms with Crippen LogP contribution in [0, 0.1) is 0 Å². The van der Waals surface area contributed by atoms with Gasteiger partial charge in [0, 0.05) is 4.47 Å². The molecular formula is C10H7BrClN3O2. The molecular weight excluding hydrogens is 309 g/mol. The Morgan fingerprint density at radius 1 is 1.29 bits per heavy atom. The lowest BCUT2D eigenvalue weighted by molar-refractivity contribution is 0.356. The minimum Gasteiger partial charge on any atom is -0.479 e. The first kappa shape index (κ1) is 12.1. The summed E-state index contributed by atoms with van der Waals surface area (Å²) in [6.07, 6.45) is 0. The maximum Gasteiger partial charge on any atom is 0.322 e. The van der Waals surface area contributed by atoms with E-state index < -0.39 is 6.01 Å². The van der Waals surface area contributed by atoms with Gasteiger partial charge in [-0.15, -0.1) is 4.98 Å². The van der Waals surface area contributed by atoms with Crippen LogP contribution in [0.5, 0.6) is 12.0 Å². The van der Waals surface area contributed by atoms with Gasteiger partial charge in [-0.25, -0.2) is 0 Å². The molecule has 5 nitrogen and oxygen atoms in total.